The molecule has 1 aromatic heterocycles. The van der Waals surface area contributed by atoms with Gasteiger partial charge in [0.2, 0.25) is 0 Å². The van der Waals surface area contributed by atoms with Crippen molar-refractivity contribution in [3.8, 4) is 5.75 Å². The first kappa shape index (κ1) is 23.1. The molecule has 3 rings (SSSR count). The Bertz CT molecular complexity index is 1100. The molecule has 168 valence electrons. The number of aromatic amines is 1. The zero-order chi connectivity index (χ0) is 23.2. The lowest BCUT2D eigenvalue weighted by Gasteiger charge is -2.38. The number of rotatable bonds is 6. The number of imidazole rings is 1. The van der Waals surface area contributed by atoms with Gasteiger partial charge in [-0.3, -0.25) is 0 Å². The Labute approximate surface area is 178 Å². The summed E-state index contributed by atoms with van der Waals surface area (Å²) in [6, 6.07) is 7.37. The number of alkyl halides is 3. The van der Waals surface area contributed by atoms with Crippen LogP contribution in [0.5, 0.6) is 5.75 Å². The molecular formula is C23H26F4N2O2. The van der Waals surface area contributed by atoms with E-state index < -0.39 is 35.9 Å². The highest BCUT2D eigenvalue weighted by molar-refractivity contribution is 5.79. The Balaban J connectivity index is 2.02. The molecule has 0 aliphatic rings. The van der Waals surface area contributed by atoms with E-state index in [0.29, 0.717) is 11.0 Å². The van der Waals surface area contributed by atoms with Gasteiger partial charge in [0.15, 0.2) is 5.60 Å². The Morgan fingerprint density at radius 2 is 1.77 bits per heavy atom. The van der Waals surface area contributed by atoms with Crippen molar-refractivity contribution in [2.45, 2.75) is 57.7 Å². The van der Waals surface area contributed by atoms with Crippen molar-refractivity contribution in [2.75, 3.05) is 7.11 Å². The number of halogens is 4. The van der Waals surface area contributed by atoms with Gasteiger partial charge in [-0.25, -0.2) is 9.37 Å². The Kier molecular flexibility index (Phi) is 5.82. The van der Waals surface area contributed by atoms with E-state index in [4.69, 9.17) is 4.74 Å². The van der Waals surface area contributed by atoms with E-state index in [0.717, 1.165) is 17.2 Å². The number of H-pyrrole nitrogens is 1. The number of aliphatic hydroxyl groups is 1. The van der Waals surface area contributed by atoms with Crippen LogP contribution in [0.15, 0.2) is 30.3 Å². The average Bonchev–Trinajstić information content (AvgIpc) is 3.02. The molecule has 0 spiro atoms. The monoisotopic (exact) mass is 438 g/mol. The highest BCUT2D eigenvalue weighted by atomic mass is 19.4. The molecule has 0 saturated carbocycles. The average molecular weight is 438 g/mol. The molecule has 31 heavy (non-hydrogen) atoms. The van der Waals surface area contributed by atoms with E-state index in [1.165, 1.54) is 33.1 Å². The number of fused-ring (bicyclic) bond motifs is 1. The summed E-state index contributed by atoms with van der Waals surface area (Å²) in [6.07, 6.45) is -6.40. The number of aromatic nitrogens is 2. The summed E-state index contributed by atoms with van der Waals surface area (Å²) in [5.74, 6) is -0.307. The molecule has 2 N–H and O–H groups in total. The maximum atomic E-state index is 14.1. The van der Waals surface area contributed by atoms with Crippen LogP contribution in [-0.4, -0.2) is 34.0 Å². The minimum absolute atomic E-state index is 0.0329. The van der Waals surface area contributed by atoms with Gasteiger partial charge in [0, 0.05) is 12.0 Å². The molecule has 0 fully saturated rings. The molecule has 1 heterocycles. The molecule has 1 unspecified atom stereocenters. The topological polar surface area (TPSA) is 58.1 Å². The number of benzene rings is 2. The van der Waals surface area contributed by atoms with Gasteiger partial charge in [0.05, 0.1) is 18.1 Å². The van der Waals surface area contributed by atoms with Gasteiger partial charge in [0.25, 0.3) is 0 Å². The van der Waals surface area contributed by atoms with Crippen LogP contribution in [0.3, 0.4) is 0 Å². The van der Waals surface area contributed by atoms with Gasteiger partial charge < -0.3 is 14.8 Å². The molecule has 1 atom stereocenters. The minimum Gasteiger partial charge on any atom is -0.496 e. The number of nitrogens with one attached hydrogen (secondary N) is 1. The maximum Gasteiger partial charge on any atom is 0.417 e. The molecule has 2 aromatic carbocycles. The first-order valence-electron chi connectivity index (χ1n) is 9.85. The van der Waals surface area contributed by atoms with Crippen molar-refractivity contribution in [1.82, 2.24) is 9.97 Å². The van der Waals surface area contributed by atoms with Crippen molar-refractivity contribution in [1.29, 1.82) is 0 Å². The van der Waals surface area contributed by atoms with Crippen molar-refractivity contribution in [3.63, 3.8) is 0 Å². The predicted molar refractivity (Wildman–Crippen MR) is 111 cm³/mol. The number of aryl methyl sites for hydroxylation is 2. The van der Waals surface area contributed by atoms with Crippen molar-refractivity contribution < 1.29 is 27.4 Å². The zero-order valence-corrected chi connectivity index (χ0v) is 18.1. The predicted octanol–water partition coefficient (Wildman–Crippen LogP) is 5.53. The summed E-state index contributed by atoms with van der Waals surface area (Å²) < 4.78 is 61.4. The summed E-state index contributed by atoms with van der Waals surface area (Å²) in [7, 11) is 1.36. The number of hydrogen-bond acceptors (Lipinski definition) is 3. The van der Waals surface area contributed by atoms with Crippen LogP contribution < -0.4 is 4.74 Å². The van der Waals surface area contributed by atoms with Gasteiger partial charge in [-0.1, -0.05) is 19.9 Å². The SMILES string of the molecule is COc1ccc(F)cc1C(C)(C)CC(O)(Cc1nc2c(C)cc(C)cc2[nH]1)C(F)(F)F. The van der Waals surface area contributed by atoms with Crippen LogP contribution >= 0.6 is 0 Å². The van der Waals surface area contributed by atoms with Crippen LogP contribution in [0, 0.1) is 19.7 Å². The van der Waals surface area contributed by atoms with E-state index >= 15 is 0 Å². The Morgan fingerprint density at radius 1 is 1.10 bits per heavy atom. The fourth-order valence-electron chi connectivity index (χ4n) is 4.18. The lowest BCUT2D eigenvalue weighted by atomic mass is 9.73. The van der Waals surface area contributed by atoms with Gasteiger partial charge in [-0.15, -0.1) is 0 Å². The lowest BCUT2D eigenvalue weighted by molar-refractivity contribution is -0.266. The van der Waals surface area contributed by atoms with Crippen LogP contribution in [0.2, 0.25) is 0 Å². The first-order chi connectivity index (χ1) is 14.3. The highest BCUT2D eigenvalue weighted by Crippen LogP contribution is 2.45. The van der Waals surface area contributed by atoms with E-state index in [1.54, 1.807) is 6.07 Å². The third kappa shape index (κ3) is 4.54. The molecule has 0 saturated heterocycles. The third-order valence-electron chi connectivity index (χ3n) is 5.58. The summed E-state index contributed by atoms with van der Waals surface area (Å²) in [5.41, 5.74) is -1.14. The number of methoxy groups -OCH3 is 1. The molecular weight excluding hydrogens is 412 g/mol. The highest BCUT2D eigenvalue weighted by Gasteiger charge is 2.56. The summed E-state index contributed by atoms with van der Waals surface area (Å²) in [4.78, 5) is 7.21. The Morgan fingerprint density at radius 3 is 2.39 bits per heavy atom. The Hall–Kier alpha value is -2.61. The van der Waals surface area contributed by atoms with Crippen LogP contribution in [0.1, 0.15) is 42.8 Å². The lowest BCUT2D eigenvalue weighted by Crippen LogP contribution is -2.51. The van der Waals surface area contributed by atoms with Gasteiger partial charge >= 0.3 is 6.18 Å². The molecule has 0 radical (unpaired) electrons. The maximum absolute atomic E-state index is 14.1. The molecule has 4 nitrogen and oxygen atoms in total. The number of nitrogens with zero attached hydrogens (tertiary/aromatic N) is 1. The second-order valence-corrected chi connectivity index (χ2v) is 8.77. The fourth-order valence-corrected chi connectivity index (χ4v) is 4.18. The summed E-state index contributed by atoms with van der Waals surface area (Å²) in [5, 5.41) is 10.9. The zero-order valence-electron chi connectivity index (χ0n) is 18.1. The molecule has 0 aliphatic heterocycles. The molecule has 0 aliphatic carbocycles. The van der Waals surface area contributed by atoms with E-state index in [1.807, 2.05) is 19.9 Å². The summed E-state index contributed by atoms with van der Waals surface area (Å²) >= 11 is 0. The second kappa shape index (κ2) is 7.82. The fraction of sp³-hybridized carbons (Fsp3) is 0.435. The summed E-state index contributed by atoms with van der Waals surface area (Å²) in [6.45, 7) is 6.75. The normalized spacial score (nSPS) is 14.6. The third-order valence-corrected chi connectivity index (χ3v) is 5.58. The van der Waals surface area contributed by atoms with Crippen LogP contribution in [0.25, 0.3) is 11.0 Å². The van der Waals surface area contributed by atoms with Crippen LogP contribution in [-0.2, 0) is 11.8 Å². The van der Waals surface area contributed by atoms with Gasteiger partial charge in [0.1, 0.15) is 17.4 Å². The standard InChI is InChI=1S/C23H26F4N2O2/c1-13-8-14(2)20-17(9-13)28-19(29-20)11-22(30,23(25,26)27)12-21(3,4)16-10-15(24)6-7-18(16)31-5/h6-10,30H,11-12H2,1-5H3,(H,28,29). The van der Waals surface area contributed by atoms with E-state index in [9.17, 15) is 22.7 Å². The van der Waals surface area contributed by atoms with Crippen LogP contribution in [0.4, 0.5) is 17.6 Å². The number of hydrogen-bond donors (Lipinski definition) is 2. The molecule has 0 amide bonds. The van der Waals surface area contributed by atoms with E-state index in [-0.39, 0.29) is 17.1 Å². The minimum atomic E-state index is -4.94. The number of ether oxygens (including phenoxy) is 1. The molecule has 3 aromatic rings. The van der Waals surface area contributed by atoms with Gasteiger partial charge in [-0.2, -0.15) is 13.2 Å². The van der Waals surface area contributed by atoms with Gasteiger partial charge in [-0.05, 0) is 61.1 Å². The molecule has 0 bridgehead atoms. The second-order valence-electron chi connectivity index (χ2n) is 8.77. The van der Waals surface area contributed by atoms with Crippen molar-refractivity contribution >= 4 is 11.0 Å². The first-order valence-corrected chi connectivity index (χ1v) is 9.85. The molecule has 8 heteroatoms. The van der Waals surface area contributed by atoms with Crippen molar-refractivity contribution in [3.05, 3.63) is 58.7 Å². The van der Waals surface area contributed by atoms with E-state index in [2.05, 4.69) is 9.97 Å². The smallest absolute Gasteiger partial charge is 0.417 e. The largest absolute Gasteiger partial charge is 0.496 e. The van der Waals surface area contributed by atoms with Crippen molar-refractivity contribution in [2.24, 2.45) is 0 Å². The quantitative estimate of drug-likeness (QED) is 0.498.